The first-order valence-electron chi connectivity index (χ1n) is 17.4. The van der Waals surface area contributed by atoms with E-state index in [1.165, 1.54) is 12.1 Å². The lowest BCUT2D eigenvalue weighted by atomic mass is 9.42. The van der Waals surface area contributed by atoms with Crippen molar-refractivity contribution in [3.63, 3.8) is 0 Å². The van der Waals surface area contributed by atoms with Crippen LogP contribution < -0.4 is 15.0 Å². The topological polar surface area (TPSA) is 83.0 Å². The van der Waals surface area contributed by atoms with Crippen molar-refractivity contribution < 1.29 is 23.4 Å². The fourth-order valence-corrected chi connectivity index (χ4v) is 9.45. The molecule has 0 radical (unpaired) electrons. The number of anilines is 1. The molecule has 4 heterocycles. The van der Waals surface area contributed by atoms with Gasteiger partial charge in [0.2, 0.25) is 0 Å². The molecule has 3 atom stereocenters. The average molecular weight is 676 g/mol. The first-order valence-corrected chi connectivity index (χ1v) is 17.8. The van der Waals surface area contributed by atoms with Crippen LogP contribution in [0.2, 0.25) is 5.02 Å². The van der Waals surface area contributed by atoms with Gasteiger partial charge in [0, 0.05) is 61.3 Å². The van der Waals surface area contributed by atoms with E-state index >= 15 is 8.78 Å². The van der Waals surface area contributed by atoms with Gasteiger partial charge in [-0.2, -0.15) is 9.97 Å². The summed E-state index contributed by atoms with van der Waals surface area (Å²) in [4.78, 5) is 14.1. The van der Waals surface area contributed by atoms with E-state index < -0.39 is 5.82 Å². The molecule has 0 spiro atoms. The summed E-state index contributed by atoms with van der Waals surface area (Å²) in [6.07, 6.45) is 5.90. The molecule has 48 heavy (non-hydrogen) atoms. The second kappa shape index (κ2) is 11.6. The van der Waals surface area contributed by atoms with Gasteiger partial charge in [-0.1, -0.05) is 17.7 Å². The van der Waals surface area contributed by atoms with Crippen LogP contribution >= 0.6 is 11.6 Å². The van der Waals surface area contributed by atoms with Crippen molar-refractivity contribution in [3.8, 4) is 22.9 Å². The summed E-state index contributed by atoms with van der Waals surface area (Å²) in [7, 11) is 0. The number of benzene rings is 3. The summed E-state index contributed by atoms with van der Waals surface area (Å²) in [6, 6.07) is 8.74. The Labute approximate surface area is 283 Å². The first-order chi connectivity index (χ1) is 23.2. The molecule has 3 aliphatic carbocycles. The number of aromatic nitrogens is 2. The van der Waals surface area contributed by atoms with Gasteiger partial charge in [0.1, 0.15) is 22.9 Å². The van der Waals surface area contributed by atoms with Crippen molar-refractivity contribution in [2.24, 2.45) is 5.92 Å². The number of phenolic OH excluding ortho intramolecular Hbond substituents is 1. The highest BCUT2D eigenvalue weighted by molar-refractivity contribution is 6.35. The van der Waals surface area contributed by atoms with E-state index in [-0.39, 0.29) is 45.2 Å². The van der Waals surface area contributed by atoms with Crippen LogP contribution in [0.5, 0.6) is 11.8 Å². The minimum atomic E-state index is -0.633. The van der Waals surface area contributed by atoms with Crippen LogP contribution in [0, 0.1) is 17.6 Å². The van der Waals surface area contributed by atoms with Crippen molar-refractivity contribution in [1.82, 2.24) is 20.2 Å². The molecule has 3 saturated carbocycles. The largest absolute Gasteiger partial charge is 0.508 e. The van der Waals surface area contributed by atoms with Crippen LogP contribution in [0.3, 0.4) is 0 Å². The zero-order valence-corrected chi connectivity index (χ0v) is 27.8. The third kappa shape index (κ3) is 5.09. The second-order valence-corrected chi connectivity index (χ2v) is 15.2. The lowest BCUT2D eigenvalue weighted by Crippen LogP contribution is -2.55. The van der Waals surface area contributed by atoms with E-state index in [1.54, 1.807) is 18.2 Å². The Bertz CT molecular complexity index is 1910. The van der Waals surface area contributed by atoms with Gasteiger partial charge >= 0.3 is 6.01 Å². The summed E-state index contributed by atoms with van der Waals surface area (Å²) in [5, 5.41) is 16.4. The number of morpholine rings is 1. The number of halogens is 3. The number of nitrogens with zero attached hydrogens (tertiary/aromatic N) is 4. The molecule has 6 aliphatic rings. The number of fused-ring (bicyclic) bond motifs is 4. The van der Waals surface area contributed by atoms with E-state index in [0.29, 0.717) is 57.7 Å². The molecular formula is C37H40ClF2N5O3. The molecule has 6 fully saturated rings. The Kier molecular flexibility index (Phi) is 7.45. The highest BCUT2D eigenvalue weighted by Gasteiger charge is 2.59. The van der Waals surface area contributed by atoms with E-state index in [1.807, 2.05) is 0 Å². The first kappa shape index (κ1) is 30.7. The highest BCUT2D eigenvalue weighted by Crippen LogP contribution is 2.67. The molecular weight excluding hydrogens is 636 g/mol. The minimum absolute atomic E-state index is 0.0402. The number of aromatic hydroxyl groups is 1. The number of nitrogens with one attached hydrogen (secondary N) is 1. The average Bonchev–Trinajstić information content (AvgIpc) is 3.36. The normalized spacial score (nSPS) is 28.1. The lowest BCUT2D eigenvalue weighted by Gasteiger charge is -2.62. The van der Waals surface area contributed by atoms with Gasteiger partial charge in [0.15, 0.2) is 5.82 Å². The standard InChI is InChI=1S/C37H40ClF2N5O3/c1-20-17-44(8-10-47-20)7-2-9-48-36-42-34-27(35(43-36)45-18-23-4-5-24(19-45)41-23)13-28(38)31(33(34)40)26-12-25(46)11-22-3-6-29(39)32(30(22)26)37-14-21(15-37)16-37/h3,6,11-13,20-21,23-24,41,46H,2,4-5,7-10,14-19H2,1H3. The van der Waals surface area contributed by atoms with Crippen LogP contribution in [-0.4, -0.2) is 84.1 Å². The number of piperazine rings is 1. The van der Waals surface area contributed by atoms with Crippen molar-refractivity contribution in [2.45, 2.75) is 69.1 Å². The molecule has 2 N–H and O–H groups in total. The third-order valence-corrected chi connectivity index (χ3v) is 11.7. The molecule has 11 heteroatoms. The molecule has 3 aliphatic heterocycles. The molecule has 3 unspecified atom stereocenters. The van der Waals surface area contributed by atoms with Crippen molar-refractivity contribution >= 4 is 39.1 Å². The maximum Gasteiger partial charge on any atom is 0.319 e. The molecule has 4 aromatic rings. The van der Waals surface area contributed by atoms with E-state index in [4.69, 9.17) is 26.1 Å². The zero-order valence-electron chi connectivity index (χ0n) is 27.1. The lowest BCUT2D eigenvalue weighted by molar-refractivity contribution is -0.0287. The molecule has 252 valence electrons. The SMILES string of the molecule is CC1CN(CCCOc2nc(N3CC4CCC(C3)N4)c3cc(Cl)c(-c4cc(O)cc5ccc(F)c(C67CC(C6)C7)c45)c(F)c3n2)CCO1. The molecule has 3 saturated heterocycles. The predicted octanol–water partition coefficient (Wildman–Crippen LogP) is 6.57. The number of ether oxygens (including phenoxy) is 2. The third-order valence-electron chi connectivity index (χ3n) is 11.4. The summed E-state index contributed by atoms with van der Waals surface area (Å²) < 4.78 is 44.8. The molecule has 10 rings (SSSR count). The fourth-order valence-electron chi connectivity index (χ4n) is 9.15. The van der Waals surface area contributed by atoms with Gasteiger partial charge in [0.25, 0.3) is 0 Å². The number of phenols is 1. The highest BCUT2D eigenvalue weighted by atomic mass is 35.5. The Morgan fingerprint density at radius 2 is 1.88 bits per heavy atom. The molecule has 0 amide bonds. The second-order valence-electron chi connectivity index (χ2n) is 14.8. The summed E-state index contributed by atoms with van der Waals surface area (Å²) in [5.74, 6) is 0.245. The number of rotatable bonds is 8. The molecule has 3 aromatic carbocycles. The van der Waals surface area contributed by atoms with Crippen LogP contribution in [-0.2, 0) is 10.2 Å². The van der Waals surface area contributed by atoms with Crippen LogP contribution in [0.25, 0.3) is 32.8 Å². The zero-order chi connectivity index (χ0) is 32.7. The Balaban J connectivity index is 1.15. The molecule has 8 nitrogen and oxygen atoms in total. The Morgan fingerprint density at radius 3 is 2.60 bits per heavy atom. The van der Waals surface area contributed by atoms with Gasteiger partial charge in [-0.3, -0.25) is 4.90 Å². The predicted molar refractivity (Wildman–Crippen MR) is 182 cm³/mol. The van der Waals surface area contributed by atoms with Gasteiger partial charge < -0.3 is 24.8 Å². The summed E-state index contributed by atoms with van der Waals surface area (Å²) in [6.45, 7) is 7.29. The van der Waals surface area contributed by atoms with Crippen LogP contribution in [0.1, 0.15) is 51.0 Å². The van der Waals surface area contributed by atoms with Gasteiger partial charge in [-0.25, -0.2) is 8.78 Å². The number of hydrogen-bond acceptors (Lipinski definition) is 8. The quantitative estimate of drug-likeness (QED) is 0.203. The maximum absolute atomic E-state index is 17.2. The van der Waals surface area contributed by atoms with E-state index in [9.17, 15) is 5.11 Å². The van der Waals surface area contributed by atoms with Gasteiger partial charge in [-0.05, 0) is 97.4 Å². The summed E-state index contributed by atoms with van der Waals surface area (Å²) in [5.41, 5.74) is 0.919. The minimum Gasteiger partial charge on any atom is -0.508 e. The molecule has 4 bridgehead atoms. The molecule has 1 aromatic heterocycles. The van der Waals surface area contributed by atoms with Crippen molar-refractivity contribution in [1.29, 1.82) is 0 Å². The van der Waals surface area contributed by atoms with Gasteiger partial charge in [-0.15, -0.1) is 0 Å². The number of hydrogen-bond donors (Lipinski definition) is 2. The van der Waals surface area contributed by atoms with Crippen molar-refractivity contribution in [2.75, 3.05) is 50.8 Å². The fraction of sp³-hybridized carbons (Fsp3) is 0.514. The smallest absolute Gasteiger partial charge is 0.319 e. The monoisotopic (exact) mass is 675 g/mol. The van der Waals surface area contributed by atoms with E-state index in [0.717, 1.165) is 77.9 Å². The Hall–Kier alpha value is -3.31. The van der Waals surface area contributed by atoms with Crippen LogP contribution in [0.4, 0.5) is 14.6 Å². The maximum atomic E-state index is 17.2. The Morgan fingerprint density at radius 1 is 1.08 bits per heavy atom. The van der Waals surface area contributed by atoms with Gasteiger partial charge in [0.05, 0.1) is 24.3 Å². The van der Waals surface area contributed by atoms with Crippen LogP contribution in [0.15, 0.2) is 30.3 Å². The summed E-state index contributed by atoms with van der Waals surface area (Å²) >= 11 is 7.02. The van der Waals surface area contributed by atoms with E-state index in [2.05, 4.69) is 27.0 Å². The van der Waals surface area contributed by atoms with Crippen molar-refractivity contribution in [3.05, 3.63) is 52.6 Å².